The fourth-order valence-electron chi connectivity index (χ4n) is 1.43. The van der Waals surface area contributed by atoms with Crippen LogP contribution in [0.5, 0.6) is 5.75 Å². The molecule has 0 aliphatic rings. The summed E-state index contributed by atoms with van der Waals surface area (Å²) in [7, 11) is 1.38. The second-order valence-corrected chi connectivity index (χ2v) is 3.58. The average Bonchev–Trinajstić information content (AvgIpc) is 2.15. The van der Waals surface area contributed by atoms with Crippen molar-refractivity contribution in [1.82, 2.24) is 0 Å². The molecule has 0 saturated heterocycles. The highest BCUT2D eigenvalue weighted by Crippen LogP contribution is 2.32. The van der Waals surface area contributed by atoms with Crippen molar-refractivity contribution in [2.75, 3.05) is 7.11 Å². The normalized spacial score (nSPS) is 13.6. The number of hydrogen-bond acceptors (Lipinski definition) is 2. The molecule has 0 fully saturated rings. The Labute approximate surface area is 91.7 Å². The van der Waals surface area contributed by atoms with Gasteiger partial charge in [0.05, 0.1) is 18.8 Å². The summed E-state index contributed by atoms with van der Waals surface area (Å²) in [6.07, 6.45) is -4.95. The third-order valence-electron chi connectivity index (χ3n) is 2.12. The minimum Gasteiger partial charge on any atom is -0.496 e. The van der Waals surface area contributed by atoms with Crippen LogP contribution >= 0.6 is 0 Å². The molecule has 90 valence electrons. The highest BCUT2D eigenvalue weighted by molar-refractivity contribution is 5.38. The third kappa shape index (κ3) is 3.13. The number of halogens is 3. The van der Waals surface area contributed by atoms with E-state index in [1.165, 1.54) is 20.1 Å². The Morgan fingerprint density at radius 1 is 1.38 bits per heavy atom. The van der Waals surface area contributed by atoms with Gasteiger partial charge in [-0.05, 0) is 30.7 Å². The minimum absolute atomic E-state index is 0.132. The number of hydrogen-bond donors (Lipinski definition) is 1. The Kier molecular flexibility index (Phi) is 3.80. The first kappa shape index (κ1) is 12.8. The molecule has 1 rings (SSSR count). The molecule has 0 saturated carbocycles. The Morgan fingerprint density at radius 3 is 2.44 bits per heavy atom. The molecule has 0 aliphatic heterocycles. The van der Waals surface area contributed by atoms with Crippen LogP contribution in [0.15, 0.2) is 18.2 Å². The number of alkyl halides is 3. The van der Waals surface area contributed by atoms with Crippen molar-refractivity contribution in [3.8, 4) is 5.75 Å². The van der Waals surface area contributed by atoms with Crippen LogP contribution in [-0.2, 0) is 12.6 Å². The van der Waals surface area contributed by atoms with Gasteiger partial charge in [-0.3, -0.25) is 0 Å². The molecule has 1 N–H and O–H groups in total. The van der Waals surface area contributed by atoms with Gasteiger partial charge in [-0.1, -0.05) is 0 Å². The van der Waals surface area contributed by atoms with Gasteiger partial charge in [-0.2, -0.15) is 13.2 Å². The predicted octanol–water partition coefficient (Wildman–Crippen LogP) is 2.64. The van der Waals surface area contributed by atoms with Gasteiger partial charge in [0.2, 0.25) is 0 Å². The van der Waals surface area contributed by atoms with Gasteiger partial charge in [0, 0.05) is 6.42 Å². The number of ether oxygens (including phenoxy) is 1. The summed E-state index contributed by atoms with van der Waals surface area (Å²) < 4.78 is 42.2. The number of rotatable bonds is 3. The molecule has 5 heteroatoms. The second-order valence-electron chi connectivity index (χ2n) is 3.58. The molecule has 1 aromatic carbocycles. The molecule has 0 radical (unpaired) electrons. The molecule has 0 aliphatic carbocycles. The summed E-state index contributed by atoms with van der Waals surface area (Å²) in [4.78, 5) is 0. The van der Waals surface area contributed by atoms with Gasteiger partial charge in [0.15, 0.2) is 0 Å². The third-order valence-corrected chi connectivity index (χ3v) is 2.12. The largest absolute Gasteiger partial charge is 0.496 e. The smallest absolute Gasteiger partial charge is 0.416 e. The maximum absolute atomic E-state index is 12.4. The van der Waals surface area contributed by atoms with Crippen LogP contribution < -0.4 is 4.74 Å². The van der Waals surface area contributed by atoms with Crippen molar-refractivity contribution in [3.63, 3.8) is 0 Å². The zero-order chi connectivity index (χ0) is 12.3. The van der Waals surface area contributed by atoms with E-state index in [-0.39, 0.29) is 6.42 Å². The van der Waals surface area contributed by atoms with Gasteiger partial charge >= 0.3 is 6.18 Å². The Bertz CT molecular complexity index is 359. The molecule has 0 heterocycles. The molecule has 16 heavy (non-hydrogen) atoms. The first-order valence-corrected chi connectivity index (χ1v) is 4.76. The Hall–Kier alpha value is -1.23. The maximum Gasteiger partial charge on any atom is 0.416 e. The maximum atomic E-state index is 12.4. The fraction of sp³-hybridized carbons (Fsp3) is 0.455. The topological polar surface area (TPSA) is 29.5 Å². The van der Waals surface area contributed by atoms with E-state index in [1.807, 2.05) is 0 Å². The van der Waals surface area contributed by atoms with Crippen LogP contribution in [0.3, 0.4) is 0 Å². The second kappa shape index (κ2) is 4.74. The Morgan fingerprint density at radius 2 is 2.00 bits per heavy atom. The number of aliphatic hydroxyl groups excluding tert-OH is 1. The van der Waals surface area contributed by atoms with Crippen molar-refractivity contribution in [2.24, 2.45) is 0 Å². The van der Waals surface area contributed by atoms with E-state index < -0.39 is 17.8 Å². The zero-order valence-electron chi connectivity index (χ0n) is 9.01. The van der Waals surface area contributed by atoms with Crippen LogP contribution in [0.4, 0.5) is 13.2 Å². The van der Waals surface area contributed by atoms with E-state index in [1.54, 1.807) is 0 Å². The van der Waals surface area contributed by atoms with Crippen molar-refractivity contribution in [2.45, 2.75) is 25.6 Å². The molecule has 2 nitrogen and oxygen atoms in total. The summed E-state index contributed by atoms with van der Waals surface area (Å²) >= 11 is 0. The van der Waals surface area contributed by atoms with Crippen LogP contribution in [0, 0.1) is 0 Å². The summed E-state index contributed by atoms with van der Waals surface area (Å²) in [6, 6.07) is 3.23. The number of methoxy groups -OCH3 is 1. The van der Waals surface area contributed by atoms with Crippen molar-refractivity contribution in [1.29, 1.82) is 0 Å². The predicted molar refractivity (Wildman–Crippen MR) is 53.4 cm³/mol. The van der Waals surface area contributed by atoms with Crippen molar-refractivity contribution >= 4 is 0 Å². The first-order valence-electron chi connectivity index (χ1n) is 4.76. The molecule has 0 amide bonds. The molecule has 0 bridgehead atoms. The SMILES string of the molecule is COc1ccc(C(F)(F)F)cc1C[C@H](C)O. The number of benzene rings is 1. The molecular formula is C11H13F3O2. The summed E-state index contributed by atoms with van der Waals surface area (Å²) in [6.45, 7) is 1.51. The van der Waals surface area contributed by atoms with Crippen molar-refractivity contribution in [3.05, 3.63) is 29.3 Å². The standard InChI is InChI=1S/C11H13F3O2/c1-7(15)5-8-6-9(11(12,13)14)3-4-10(8)16-2/h3-4,6-7,15H,5H2,1-2H3/t7-/m0/s1. The van der Waals surface area contributed by atoms with Crippen LogP contribution in [0.25, 0.3) is 0 Å². The van der Waals surface area contributed by atoms with E-state index in [0.717, 1.165) is 12.1 Å². The molecule has 0 spiro atoms. The van der Waals surface area contributed by atoms with Crippen LogP contribution in [0.2, 0.25) is 0 Å². The molecule has 1 atom stereocenters. The van der Waals surface area contributed by atoms with Crippen LogP contribution in [0.1, 0.15) is 18.1 Å². The highest BCUT2D eigenvalue weighted by atomic mass is 19.4. The monoisotopic (exact) mass is 234 g/mol. The quantitative estimate of drug-likeness (QED) is 0.871. The molecule has 0 unspecified atom stereocenters. The molecule has 0 aromatic heterocycles. The van der Waals surface area contributed by atoms with Crippen molar-refractivity contribution < 1.29 is 23.0 Å². The lowest BCUT2D eigenvalue weighted by molar-refractivity contribution is -0.137. The first-order chi connectivity index (χ1) is 7.34. The van der Waals surface area contributed by atoms with Gasteiger partial charge in [-0.15, -0.1) is 0 Å². The zero-order valence-corrected chi connectivity index (χ0v) is 9.01. The molecule has 1 aromatic rings. The van der Waals surface area contributed by atoms with Gasteiger partial charge < -0.3 is 9.84 Å². The van der Waals surface area contributed by atoms with Crippen LogP contribution in [-0.4, -0.2) is 18.3 Å². The van der Waals surface area contributed by atoms with E-state index in [0.29, 0.717) is 11.3 Å². The van der Waals surface area contributed by atoms with E-state index >= 15 is 0 Å². The minimum atomic E-state index is -4.38. The lowest BCUT2D eigenvalue weighted by Crippen LogP contribution is -2.10. The Balaban J connectivity index is 3.11. The van der Waals surface area contributed by atoms with Gasteiger partial charge in [0.1, 0.15) is 5.75 Å². The van der Waals surface area contributed by atoms with E-state index in [9.17, 15) is 18.3 Å². The fourth-order valence-corrected chi connectivity index (χ4v) is 1.43. The van der Waals surface area contributed by atoms with E-state index in [4.69, 9.17) is 4.74 Å². The summed E-state index contributed by atoms with van der Waals surface area (Å²) in [5, 5.41) is 9.18. The lowest BCUT2D eigenvalue weighted by Gasteiger charge is -2.13. The summed E-state index contributed by atoms with van der Waals surface area (Å²) in [5.41, 5.74) is -0.378. The van der Waals surface area contributed by atoms with E-state index in [2.05, 4.69) is 0 Å². The van der Waals surface area contributed by atoms with Gasteiger partial charge in [0.25, 0.3) is 0 Å². The average molecular weight is 234 g/mol. The lowest BCUT2D eigenvalue weighted by atomic mass is 10.0. The highest BCUT2D eigenvalue weighted by Gasteiger charge is 2.31. The van der Waals surface area contributed by atoms with Gasteiger partial charge in [-0.25, -0.2) is 0 Å². The molecular weight excluding hydrogens is 221 g/mol. The number of aliphatic hydroxyl groups is 1. The summed E-state index contributed by atoms with van der Waals surface area (Å²) in [5.74, 6) is 0.355.